The van der Waals surface area contributed by atoms with Gasteiger partial charge in [-0.2, -0.15) is 0 Å². The summed E-state index contributed by atoms with van der Waals surface area (Å²) < 4.78 is 7.48. The molecule has 5 heteroatoms. The van der Waals surface area contributed by atoms with Gasteiger partial charge in [-0.15, -0.1) is 0 Å². The van der Waals surface area contributed by atoms with Crippen LogP contribution in [0.5, 0.6) is 5.75 Å². The molecule has 1 aliphatic carbocycles. The van der Waals surface area contributed by atoms with E-state index in [1.54, 1.807) is 7.11 Å². The van der Waals surface area contributed by atoms with Gasteiger partial charge in [0.2, 0.25) is 5.91 Å². The molecule has 0 unspecified atom stereocenters. The van der Waals surface area contributed by atoms with Crippen molar-refractivity contribution in [3.8, 4) is 5.75 Å². The predicted molar refractivity (Wildman–Crippen MR) is 95.8 cm³/mol. The summed E-state index contributed by atoms with van der Waals surface area (Å²) in [6.45, 7) is 0.833. The third kappa shape index (κ3) is 3.41. The number of carbonyl (C=O) groups is 1. The van der Waals surface area contributed by atoms with Gasteiger partial charge in [-0.25, -0.2) is 4.98 Å². The number of benzene rings is 1. The Kier molecular flexibility index (Phi) is 4.47. The number of nitrogens with zero attached hydrogens (tertiary/aromatic N) is 2. The molecule has 1 aromatic heterocycles. The van der Waals surface area contributed by atoms with Crippen molar-refractivity contribution in [2.45, 2.75) is 57.0 Å². The number of hydrogen-bond acceptors (Lipinski definition) is 3. The fourth-order valence-electron chi connectivity index (χ4n) is 4.22. The van der Waals surface area contributed by atoms with Gasteiger partial charge in [-0.1, -0.05) is 6.07 Å². The lowest BCUT2D eigenvalue weighted by Crippen LogP contribution is -2.41. The van der Waals surface area contributed by atoms with Gasteiger partial charge in [0.05, 0.1) is 7.11 Å². The van der Waals surface area contributed by atoms with Crippen molar-refractivity contribution in [3.05, 3.63) is 47.5 Å². The molecular weight excluding hydrogens is 314 g/mol. The molecular formula is C20H25N3O2. The third-order valence-corrected chi connectivity index (χ3v) is 5.52. The van der Waals surface area contributed by atoms with E-state index in [0.717, 1.165) is 50.2 Å². The summed E-state index contributed by atoms with van der Waals surface area (Å²) >= 11 is 0. The summed E-state index contributed by atoms with van der Waals surface area (Å²) in [7, 11) is 1.70. The maximum atomic E-state index is 12.6. The molecule has 25 heavy (non-hydrogen) atoms. The molecule has 1 amide bonds. The second kappa shape index (κ2) is 6.90. The molecule has 1 aliphatic heterocycles. The zero-order chi connectivity index (χ0) is 17.2. The van der Waals surface area contributed by atoms with Crippen LogP contribution in [0.15, 0.2) is 30.6 Å². The molecule has 5 nitrogen and oxygen atoms in total. The summed E-state index contributed by atoms with van der Waals surface area (Å²) in [5.41, 5.74) is 2.66. The number of amides is 1. The van der Waals surface area contributed by atoms with E-state index in [2.05, 4.69) is 27.0 Å². The summed E-state index contributed by atoms with van der Waals surface area (Å²) in [6, 6.07) is 6.50. The predicted octanol–water partition coefficient (Wildman–Crippen LogP) is 2.83. The molecule has 2 aromatic rings. The molecule has 0 bridgehead atoms. The number of methoxy groups -OCH3 is 1. The Morgan fingerprint density at radius 2 is 2.28 bits per heavy atom. The van der Waals surface area contributed by atoms with Crippen molar-refractivity contribution in [1.29, 1.82) is 0 Å². The Bertz CT molecular complexity index is 768. The van der Waals surface area contributed by atoms with Crippen LogP contribution in [0.3, 0.4) is 0 Å². The first-order valence-electron chi connectivity index (χ1n) is 9.19. The lowest BCUT2D eigenvalue weighted by molar-refractivity contribution is -0.122. The molecule has 0 spiro atoms. The van der Waals surface area contributed by atoms with E-state index < -0.39 is 0 Å². The maximum Gasteiger partial charge on any atom is 0.220 e. The highest BCUT2D eigenvalue weighted by Crippen LogP contribution is 2.35. The van der Waals surface area contributed by atoms with Crippen LogP contribution in [0, 0.1) is 0 Å². The van der Waals surface area contributed by atoms with Crippen LogP contribution in [-0.2, 0) is 24.2 Å². The van der Waals surface area contributed by atoms with Crippen LogP contribution in [-0.4, -0.2) is 28.6 Å². The second-order valence-corrected chi connectivity index (χ2v) is 7.16. The zero-order valence-corrected chi connectivity index (χ0v) is 14.7. The highest BCUT2D eigenvalue weighted by molar-refractivity contribution is 5.77. The highest BCUT2D eigenvalue weighted by Gasteiger charge is 2.25. The van der Waals surface area contributed by atoms with Gasteiger partial charge < -0.3 is 14.6 Å². The van der Waals surface area contributed by atoms with Gasteiger partial charge >= 0.3 is 0 Å². The van der Waals surface area contributed by atoms with E-state index in [9.17, 15) is 4.79 Å². The number of aromatic nitrogens is 2. The van der Waals surface area contributed by atoms with E-state index in [1.165, 1.54) is 11.1 Å². The topological polar surface area (TPSA) is 56.1 Å². The van der Waals surface area contributed by atoms with Gasteiger partial charge in [0.1, 0.15) is 11.6 Å². The SMILES string of the molecule is COc1ccc2c(c1)CCC[C@H]2CC(=O)N[C@H]1CCc2nccn2C1. The lowest BCUT2D eigenvalue weighted by Gasteiger charge is -2.28. The average molecular weight is 339 g/mol. The minimum Gasteiger partial charge on any atom is -0.497 e. The highest BCUT2D eigenvalue weighted by atomic mass is 16.5. The van der Waals surface area contributed by atoms with E-state index in [0.29, 0.717) is 12.3 Å². The van der Waals surface area contributed by atoms with Crippen molar-refractivity contribution in [2.75, 3.05) is 7.11 Å². The third-order valence-electron chi connectivity index (χ3n) is 5.52. The summed E-state index contributed by atoms with van der Waals surface area (Å²) in [4.78, 5) is 16.9. The fourth-order valence-corrected chi connectivity index (χ4v) is 4.22. The van der Waals surface area contributed by atoms with Crippen LogP contribution in [0.25, 0.3) is 0 Å². The van der Waals surface area contributed by atoms with Crippen molar-refractivity contribution in [1.82, 2.24) is 14.9 Å². The number of aryl methyl sites for hydroxylation is 2. The molecule has 0 saturated heterocycles. The molecule has 2 atom stereocenters. The second-order valence-electron chi connectivity index (χ2n) is 7.16. The molecule has 2 heterocycles. The molecule has 1 N–H and O–H groups in total. The van der Waals surface area contributed by atoms with Crippen LogP contribution >= 0.6 is 0 Å². The normalized spacial score (nSPS) is 22.0. The van der Waals surface area contributed by atoms with Gasteiger partial charge in [-0.05, 0) is 54.9 Å². The smallest absolute Gasteiger partial charge is 0.220 e. The number of ether oxygens (including phenoxy) is 1. The van der Waals surface area contributed by atoms with Crippen molar-refractivity contribution >= 4 is 5.91 Å². The van der Waals surface area contributed by atoms with Gasteiger partial charge in [0.25, 0.3) is 0 Å². The first-order valence-corrected chi connectivity index (χ1v) is 9.19. The summed E-state index contributed by atoms with van der Waals surface area (Å²) in [5, 5.41) is 3.24. The molecule has 0 fully saturated rings. The lowest BCUT2D eigenvalue weighted by atomic mass is 9.81. The molecule has 0 radical (unpaired) electrons. The van der Waals surface area contributed by atoms with E-state index in [1.807, 2.05) is 18.5 Å². The standard InChI is InChI=1S/C20H25N3O2/c1-25-17-6-7-18-14(11-17)3-2-4-15(18)12-20(24)22-16-5-8-19-21-9-10-23(19)13-16/h6-7,9-11,15-16H,2-5,8,12-13H2,1H3,(H,22,24)/t15-,16-/m0/s1. The van der Waals surface area contributed by atoms with E-state index >= 15 is 0 Å². The first-order chi connectivity index (χ1) is 12.2. The molecule has 2 aliphatic rings. The van der Waals surface area contributed by atoms with Crippen molar-refractivity contribution in [2.24, 2.45) is 0 Å². The molecule has 0 saturated carbocycles. The number of fused-ring (bicyclic) bond motifs is 2. The number of carbonyl (C=O) groups excluding carboxylic acids is 1. The van der Waals surface area contributed by atoms with Gasteiger partial charge in [-0.3, -0.25) is 4.79 Å². The molecule has 4 rings (SSSR count). The summed E-state index contributed by atoms with van der Waals surface area (Å²) in [6.07, 6.45) is 9.63. The first kappa shape index (κ1) is 16.2. The Morgan fingerprint density at radius 3 is 3.16 bits per heavy atom. The zero-order valence-electron chi connectivity index (χ0n) is 14.7. The van der Waals surface area contributed by atoms with Gasteiger partial charge in [0.15, 0.2) is 0 Å². The van der Waals surface area contributed by atoms with Gasteiger partial charge in [0, 0.05) is 37.8 Å². The quantitative estimate of drug-likeness (QED) is 0.932. The number of imidazole rings is 1. The van der Waals surface area contributed by atoms with Crippen LogP contribution in [0.2, 0.25) is 0 Å². The Labute approximate surface area is 148 Å². The van der Waals surface area contributed by atoms with Crippen molar-refractivity contribution < 1.29 is 9.53 Å². The van der Waals surface area contributed by atoms with E-state index in [-0.39, 0.29) is 11.9 Å². The molecule has 132 valence electrons. The van der Waals surface area contributed by atoms with Crippen molar-refractivity contribution in [3.63, 3.8) is 0 Å². The number of rotatable bonds is 4. The Hall–Kier alpha value is -2.30. The fraction of sp³-hybridized carbons (Fsp3) is 0.500. The number of nitrogens with one attached hydrogen (secondary N) is 1. The maximum absolute atomic E-state index is 12.6. The molecule has 1 aromatic carbocycles. The Morgan fingerprint density at radius 1 is 1.36 bits per heavy atom. The monoisotopic (exact) mass is 339 g/mol. The minimum absolute atomic E-state index is 0.169. The van der Waals surface area contributed by atoms with Crippen LogP contribution in [0.4, 0.5) is 0 Å². The largest absolute Gasteiger partial charge is 0.497 e. The van der Waals surface area contributed by atoms with Crippen LogP contribution in [0.1, 0.15) is 48.6 Å². The average Bonchev–Trinajstić information content (AvgIpc) is 3.09. The number of hydrogen-bond donors (Lipinski definition) is 1. The van der Waals surface area contributed by atoms with Crippen LogP contribution < -0.4 is 10.1 Å². The summed E-state index contributed by atoms with van der Waals surface area (Å²) in [5.74, 6) is 2.52. The Balaban J connectivity index is 1.39. The van der Waals surface area contributed by atoms with E-state index in [4.69, 9.17) is 4.74 Å². The minimum atomic E-state index is 0.169.